The highest BCUT2D eigenvalue weighted by Gasteiger charge is 2.25. The van der Waals surface area contributed by atoms with Crippen LogP contribution in [0.4, 0.5) is 4.39 Å². The molecular weight excluding hydrogens is 115 g/mol. The Kier molecular flexibility index (Phi) is 1.60. The summed E-state index contributed by atoms with van der Waals surface area (Å²) in [5.41, 5.74) is 0.954. The van der Waals surface area contributed by atoms with Gasteiger partial charge in [-0.3, -0.25) is 0 Å². The molecule has 9 heavy (non-hydrogen) atoms. The molecule has 0 amide bonds. The Balaban J connectivity index is 2.74. The van der Waals surface area contributed by atoms with Gasteiger partial charge in [-0.2, -0.15) is 0 Å². The van der Waals surface area contributed by atoms with Crippen molar-refractivity contribution in [1.29, 1.82) is 0 Å². The molecule has 1 aliphatic rings. The van der Waals surface area contributed by atoms with Gasteiger partial charge in [-0.15, -0.1) is 0 Å². The minimum atomic E-state index is 0.127. The maximum atomic E-state index is 12.8. The predicted octanol–water partition coefficient (Wildman–Crippen LogP) is 2.91. The van der Waals surface area contributed by atoms with Gasteiger partial charge in [0.15, 0.2) is 0 Å². The van der Waals surface area contributed by atoms with Crippen LogP contribution in [-0.2, 0) is 0 Å². The van der Waals surface area contributed by atoms with Crippen LogP contribution in [0, 0.1) is 11.8 Å². The van der Waals surface area contributed by atoms with E-state index in [0.29, 0.717) is 5.92 Å². The lowest BCUT2D eigenvalue weighted by atomic mass is 9.99. The van der Waals surface area contributed by atoms with Crippen molar-refractivity contribution >= 4 is 0 Å². The molecule has 0 aromatic heterocycles. The molecule has 0 spiro atoms. The topological polar surface area (TPSA) is 0 Å². The minimum absolute atomic E-state index is 0.127. The largest absolute Gasteiger partial charge is 0.212 e. The van der Waals surface area contributed by atoms with Crippen molar-refractivity contribution in [1.82, 2.24) is 0 Å². The van der Waals surface area contributed by atoms with Crippen LogP contribution in [0.25, 0.3) is 0 Å². The first-order valence-electron chi connectivity index (χ1n) is 3.48. The van der Waals surface area contributed by atoms with Gasteiger partial charge < -0.3 is 0 Å². The van der Waals surface area contributed by atoms with Gasteiger partial charge in [-0.05, 0) is 24.8 Å². The molecule has 0 radical (unpaired) electrons. The van der Waals surface area contributed by atoms with E-state index in [4.69, 9.17) is 0 Å². The van der Waals surface area contributed by atoms with Crippen molar-refractivity contribution in [3.63, 3.8) is 0 Å². The normalized spacial score (nSPS) is 36.0. The molecule has 0 aliphatic heterocycles. The zero-order valence-electron chi connectivity index (χ0n) is 6.24. The molecule has 0 aromatic carbocycles. The third-order valence-electron chi connectivity index (χ3n) is 2.29. The fourth-order valence-corrected chi connectivity index (χ4v) is 1.40. The van der Waals surface area contributed by atoms with E-state index >= 15 is 0 Å². The van der Waals surface area contributed by atoms with Crippen LogP contribution in [0.3, 0.4) is 0 Å². The van der Waals surface area contributed by atoms with Gasteiger partial charge in [0.2, 0.25) is 0 Å². The lowest BCUT2D eigenvalue weighted by Crippen LogP contribution is -1.99. The van der Waals surface area contributed by atoms with Gasteiger partial charge in [0, 0.05) is 5.92 Å². The predicted molar refractivity (Wildman–Crippen MR) is 36.8 cm³/mol. The molecule has 1 aliphatic carbocycles. The van der Waals surface area contributed by atoms with E-state index in [1.165, 1.54) is 0 Å². The summed E-state index contributed by atoms with van der Waals surface area (Å²) in [6.45, 7) is 5.94. The smallest absolute Gasteiger partial charge is 0.102 e. The number of halogens is 1. The van der Waals surface area contributed by atoms with Gasteiger partial charge in [0.05, 0.1) is 0 Å². The molecule has 0 heterocycles. The van der Waals surface area contributed by atoms with Crippen molar-refractivity contribution in [2.45, 2.75) is 27.2 Å². The SMILES string of the molecule is CC1=C(F)C(C)C(C)C1. The summed E-state index contributed by atoms with van der Waals surface area (Å²) >= 11 is 0. The molecule has 0 saturated heterocycles. The number of hydrogen-bond acceptors (Lipinski definition) is 0. The number of allylic oxidation sites excluding steroid dienone is 2. The molecule has 0 nitrogen and oxygen atoms in total. The molecule has 1 heteroatoms. The highest BCUT2D eigenvalue weighted by molar-refractivity contribution is 5.15. The molecule has 0 N–H and O–H groups in total. The van der Waals surface area contributed by atoms with Crippen LogP contribution >= 0.6 is 0 Å². The second-order valence-electron chi connectivity index (χ2n) is 3.10. The van der Waals surface area contributed by atoms with Gasteiger partial charge in [-0.1, -0.05) is 13.8 Å². The highest BCUT2D eigenvalue weighted by atomic mass is 19.1. The van der Waals surface area contributed by atoms with E-state index in [1.807, 2.05) is 13.8 Å². The summed E-state index contributed by atoms with van der Waals surface area (Å²) in [5, 5.41) is 0. The van der Waals surface area contributed by atoms with Crippen molar-refractivity contribution in [2.75, 3.05) is 0 Å². The third kappa shape index (κ3) is 1.00. The summed E-state index contributed by atoms with van der Waals surface area (Å²) in [6, 6.07) is 0. The maximum absolute atomic E-state index is 12.8. The first kappa shape index (κ1) is 6.79. The van der Waals surface area contributed by atoms with Crippen molar-refractivity contribution < 1.29 is 4.39 Å². The monoisotopic (exact) mass is 128 g/mol. The summed E-state index contributed by atoms with van der Waals surface area (Å²) in [7, 11) is 0. The molecule has 2 atom stereocenters. The summed E-state index contributed by atoms with van der Waals surface area (Å²) in [6.07, 6.45) is 0.951. The first-order valence-corrected chi connectivity index (χ1v) is 3.48. The Labute approximate surface area is 55.8 Å². The van der Waals surface area contributed by atoms with Gasteiger partial charge >= 0.3 is 0 Å². The van der Waals surface area contributed by atoms with Crippen molar-refractivity contribution in [3.05, 3.63) is 11.4 Å². The van der Waals surface area contributed by atoms with Crippen molar-refractivity contribution in [2.24, 2.45) is 11.8 Å². The van der Waals surface area contributed by atoms with E-state index in [0.717, 1.165) is 12.0 Å². The van der Waals surface area contributed by atoms with E-state index in [-0.39, 0.29) is 11.7 Å². The standard InChI is InChI=1S/C8H13F/c1-5-4-6(2)8(9)7(5)3/h5,7H,4H2,1-3H3. The van der Waals surface area contributed by atoms with Crippen LogP contribution in [-0.4, -0.2) is 0 Å². The maximum Gasteiger partial charge on any atom is 0.102 e. The van der Waals surface area contributed by atoms with E-state index in [2.05, 4.69) is 6.92 Å². The molecular formula is C8H13F. The molecule has 0 aromatic rings. The van der Waals surface area contributed by atoms with E-state index in [1.54, 1.807) is 0 Å². The van der Waals surface area contributed by atoms with Crippen LogP contribution in [0.1, 0.15) is 27.2 Å². The minimum Gasteiger partial charge on any atom is -0.212 e. The summed E-state index contributed by atoms with van der Waals surface area (Å²) in [5.74, 6) is 0.817. The third-order valence-corrected chi connectivity index (χ3v) is 2.29. The summed E-state index contributed by atoms with van der Waals surface area (Å²) in [4.78, 5) is 0. The lowest BCUT2D eigenvalue weighted by Gasteiger charge is -2.06. The quantitative estimate of drug-likeness (QED) is 0.470. The molecule has 0 bridgehead atoms. The second kappa shape index (κ2) is 2.13. The Morgan fingerprint density at radius 1 is 1.44 bits per heavy atom. The molecule has 1 rings (SSSR count). The van der Waals surface area contributed by atoms with Crippen LogP contribution in [0.5, 0.6) is 0 Å². The molecule has 2 unspecified atom stereocenters. The van der Waals surface area contributed by atoms with Gasteiger partial charge in [-0.25, -0.2) is 4.39 Å². The zero-order chi connectivity index (χ0) is 7.02. The van der Waals surface area contributed by atoms with E-state index in [9.17, 15) is 4.39 Å². The molecule has 0 saturated carbocycles. The Morgan fingerprint density at radius 2 is 2.00 bits per heavy atom. The van der Waals surface area contributed by atoms with Crippen LogP contribution in [0.15, 0.2) is 11.4 Å². The highest BCUT2D eigenvalue weighted by Crippen LogP contribution is 2.36. The fraction of sp³-hybridized carbons (Fsp3) is 0.750. The lowest BCUT2D eigenvalue weighted by molar-refractivity contribution is 0.414. The van der Waals surface area contributed by atoms with Crippen LogP contribution in [0.2, 0.25) is 0 Å². The van der Waals surface area contributed by atoms with E-state index < -0.39 is 0 Å². The van der Waals surface area contributed by atoms with Crippen molar-refractivity contribution in [3.8, 4) is 0 Å². The van der Waals surface area contributed by atoms with Gasteiger partial charge in [0.25, 0.3) is 0 Å². The van der Waals surface area contributed by atoms with Crippen LogP contribution < -0.4 is 0 Å². The average Bonchev–Trinajstić information content (AvgIpc) is 1.98. The zero-order valence-corrected chi connectivity index (χ0v) is 6.24. The number of hydrogen-bond donors (Lipinski definition) is 0. The Bertz CT molecular complexity index is 147. The van der Waals surface area contributed by atoms with Gasteiger partial charge in [0.1, 0.15) is 5.83 Å². The number of rotatable bonds is 0. The first-order chi connectivity index (χ1) is 4.13. The molecule has 52 valence electrons. The molecule has 0 fully saturated rings. The average molecular weight is 128 g/mol. The second-order valence-corrected chi connectivity index (χ2v) is 3.10. The summed E-state index contributed by atoms with van der Waals surface area (Å²) < 4.78 is 12.8. The fourth-order valence-electron chi connectivity index (χ4n) is 1.40. The Morgan fingerprint density at radius 3 is 2.11 bits per heavy atom. The Hall–Kier alpha value is -0.330.